The summed E-state index contributed by atoms with van der Waals surface area (Å²) < 4.78 is 0. The summed E-state index contributed by atoms with van der Waals surface area (Å²) in [6.45, 7) is 6.95. The van der Waals surface area contributed by atoms with E-state index in [1.54, 1.807) is 0 Å². The molecular formula is C34H45N3O2. The summed E-state index contributed by atoms with van der Waals surface area (Å²) in [4.78, 5) is 19.4. The number of H-pyrrole nitrogens is 1. The van der Waals surface area contributed by atoms with Crippen LogP contribution in [0.15, 0.2) is 67.3 Å². The first-order valence-electron chi connectivity index (χ1n) is 15.3. The minimum atomic E-state index is -0.585. The summed E-state index contributed by atoms with van der Waals surface area (Å²) in [5.41, 5.74) is 5.07. The molecule has 5 atom stereocenters. The number of unbranched alkanes of at least 4 members (excludes halogenated alkanes) is 6. The maximum atomic E-state index is 13.0. The zero-order valence-corrected chi connectivity index (χ0v) is 23.6. The predicted molar refractivity (Wildman–Crippen MR) is 161 cm³/mol. The second-order valence-electron chi connectivity index (χ2n) is 11.7. The van der Waals surface area contributed by atoms with E-state index in [4.69, 9.17) is 0 Å². The van der Waals surface area contributed by atoms with E-state index in [9.17, 15) is 10.1 Å². The number of hydrogen-bond acceptors (Lipinski definition) is 3. The van der Waals surface area contributed by atoms with Crippen molar-refractivity contribution in [1.29, 1.82) is 0 Å². The van der Waals surface area contributed by atoms with Crippen LogP contribution in [-0.2, 0) is 6.42 Å². The molecule has 2 aliphatic heterocycles. The summed E-state index contributed by atoms with van der Waals surface area (Å²) in [6, 6.07) is 18.6. The zero-order chi connectivity index (χ0) is 27.2. The molecule has 3 heterocycles. The molecule has 0 unspecified atom stereocenters. The van der Waals surface area contributed by atoms with Gasteiger partial charge in [-0.1, -0.05) is 100 Å². The van der Waals surface area contributed by atoms with E-state index in [1.165, 1.54) is 47.8 Å². The topological polar surface area (TPSA) is 62.2 Å². The molecular weight excluding hydrogens is 482 g/mol. The second-order valence-corrected chi connectivity index (χ2v) is 11.7. The van der Waals surface area contributed by atoms with Gasteiger partial charge in [-0.15, -0.1) is 6.58 Å². The number of nitro groups is 1. The molecule has 1 aromatic heterocycles. The van der Waals surface area contributed by atoms with Gasteiger partial charge in [0.05, 0.1) is 18.0 Å². The van der Waals surface area contributed by atoms with Crippen molar-refractivity contribution in [1.82, 2.24) is 9.88 Å². The van der Waals surface area contributed by atoms with Gasteiger partial charge in [-0.25, -0.2) is 0 Å². The second kappa shape index (κ2) is 13.0. The summed E-state index contributed by atoms with van der Waals surface area (Å²) in [6.07, 6.45) is 14.1. The SMILES string of the molecule is C=CCCCCCCCC[C@H]1[C@@H]([N+](=O)[O-])[C@H](c2ccccc2)[C@@H](CCC)[C@@H]2c3[nH]c4ccccc4c3CCN12. The number of nitrogens with zero attached hydrogens (tertiary/aromatic N) is 2. The Bertz CT molecular complexity index is 1240. The van der Waals surface area contributed by atoms with Crippen molar-refractivity contribution >= 4 is 10.9 Å². The van der Waals surface area contributed by atoms with Crippen LogP contribution in [0.25, 0.3) is 10.9 Å². The number of aromatic amines is 1. The number of piperidine rings is 1. The van der Waals surface area contributed by atoms with Crippen LogP contribution in [0.4, 0.5) is 0 Å². The molecule has 39 heavy (non-hydrogen) atoms. The Balaban J connectivity index is 1.49. The molecule has 0 saturated carbocycles. The van der Waals surface area contributed by atoms with E-state index in [0.29, 0.717) is 0 Å². The van der Waals surface area contributed by atoms with Crippen LogP contribution >= 0.6 is 0 Å². The maximum Gasteiger partial charge on any atom is 0.235 e. The molecule has 5 rings (SSSR count). The van der Waals surface area contributed by atoms with Crippen LogP contribution in [0.3, 0.4) is 0 Å². The number of fused-ring (bicyclic) bond motifs is 5. The predicted octanol–water partition coefficient (Wildman–Crippen LogP) is 8.60. The lowest BCUT2D eigenvalue weighted by molar-refractivity contribution is -0.542. The van der Waals surface area contributed by atoms with Gasteiger partial charge in [0.1, 0.15) is 0 Å². The van der Waals surface area contributed by atoms with Gasteiger partial charge < -0.3 is 4.98 Å². The highest BCUT2D eigenvalue weighted by Gasteiger charge is 2.56. The van der Waals surface area contributed by atoms with Crippen molar-refractivity contribution in [2.24, 2.45) is 5.92 Å². The molecule has 1 fully saturated rings. The summed E-state index contributed by atoms with van der Waals surface area (Å²) in [5.74, 6) is 0.102. The standard InChI is InChI=1S/C34H45N3O2/c1-3-5-6-7-8-9-10-14-22-30-34(37(38)39)31(25-18-12-11-13-19-25)28(17-4-2)33-32-27(23-24-36(30)33)26-20-15-16-21-29(26)35-32/h3,11-13,15-16,18-21,28,30-31,33-35H,1,4-10,14,17,22-24H2,2H3/t28-,30+,31-,33-,34-/m1/s1. The number of para-hydroxylation sites is 1. The summed E-state index contributed by atoms with van der Waals surface area (Å²) >= 11 is 0. The zero-order valence-electron chi connectivity index (χ0n) is 23.6. The fraction of sp³-hybridized carbons (Fsp3) is 0.529. The largest absolute Gasteiger partial charge is 0.357 e. The Kier molecular flexibility index (Phi) is 9.18. The van der Waals surface area contributed by atoms with Crippen LogP contribution in [0.2, 0.25) is 0 Å². The highest BCUT2D eigenvalue weighted by Crippen LogP contribution is 2.53. The summed E-state index contributed by atoms with van der Waals surface area (Å²) in [7, 11) is 0. The van der Waals surface area contributed by atoms with Gasteiger partial charge in [0.2, 0.25) is 6.04 Å². The molecule has 0 bridgehead atoms. The quantitative estimate of drug-likeness (QED) is 0.105. The van der Waals surface area contributed by atoms with E-state index >= 15 is 0 Å². The minimum absolute atomic E-state index is 0.0522. The van der Waals surface area contributed by atoms with Gasteiger partial charge in [-0.3, -0.25) is 15.0 Å². The lowest BCUT2D eigenvalue weighted by atomic mass is 9.66. The number of hydrogen-bond donors (Lipinski definition) is 1. The molecule has 0 amide bonds. The van der Waals surface area contributed by atoms with Crippen LogP contribution in [0.1, 0.15) is 99.9 Å². The molecule has 0 spiro atoms. The average Bonchev–Trinajstić information content (AvgIpc) is 3.34. The highest BCUT2D eigenvalue weighted by molar-refractivity contribution is 5.85. The third-order valence-electron chi connectivity index (χ3n) is 9.38. The molecule has 3 aromatic rings. The monoisotopic (exact) mass is 527 g/mol. The molecule has 0 aliphatic carbocycles. The van der Waals surface area contributed by atoms with Crippen molar-refractivity contribution in [3.8, 4) is 0 Å². The van der Waals surface area contributed by atoms with Crippen LogP contribution in [0.5, 0.6) is 0 Å². The van der Waals surface area contributed by atoms with E-state index in [0.717, 1.165) is 57.1 Å². The normalized spacial score (nSPS) is 24.8. The molecule has 0 radical (unpaired) electrons. The Hall–Kier alpha value is -2.92. The van der Waals surface area contributed by atoms with Gasteiger partial charge in [-0.05, 0) is 55.2 Å². The Labute approximate surface area is 233 Å². The van der Waals surface area contributed by atoms with Crippen LogP contribution in [-0.4, -0.2) is 33.4 Å². The lowest BCUT2D eigenvalue weighted by Crippen LogP contribution is -2.60. The van der Waals surface area contributed by atoms with E-state index in [1.807, 2.05) is 12.1 Å². The van der Waals surface area contributed by atoms with Crippen molar-refractivity contribution in [3.63, 3.8) is 0 Å². The summed E-state index contributed by atoms with van der Waals surface area (Å²) in [5, 5.41) is 14.3. The fourth-order valence-electron chi connectivity index (χ4n) is 7.75. The minimum Gasteiger partial charge on any atom is -0.357 e. The molecule has 208 valence electrons. The van der Waals surface area contributed by atoms with Gasteiger partial charge in [0.25, 0.3) is 0 Å². The highest BCUT2D eigenvalue weighted by atomic mass is 16.6. The van der Waals surface area contributed by atoms with E-state index in [2.05, 4.69) is 71.9 Å². The maximum absolute atomic E-state index is 13.0. The van der Waals surface area contributed by atoms with Crippen molar-refractivity contribution in [2.75, 3.05) is 6.54 Å². The van der Waals surface area contributed by atoms with Crippen LogP contribution in [0, 0.1) is 16.0 Å². The molecule has 5 nitrogen and oxygen atoms in total. The van der Waals surface area contributed by atoms with Crippen molar-refractivity contribution < 1.29 is 4.92 Å². The smallest absolute Gasteiger partial charge is 0.235 e. The van der Waals surface area contributed by atoms with Crippen molar-refractivity contribution in [2.45, 2.75) is 102 Å². The first-order valence-corrected chi connectivity index (χ1v) is 15.3. The Morgan fingerprint density at radius 2 is 1.72 bits per heavy atom. The van der Waals surface area contributed by atoms with Gasteiger partial charge >= 0.3 is 0 Å². The van der Waals surface area contributed by atoms with Gasteiger partial charge in [-0.2, -0.15) is 0 Å². The first kappa shape index (κ1) is 27.6. The Morgan fingerprint density at radius 3 is 2.46 bits per heavy atom. The number of benzene rings is 2. The number of nitrogens with one attached hydrogen (secondary N) is 1. The molecule has 2 aliphatic rings. The molecule has 1 N–H and O–H groups in total. The van der Waals surface area contributed by atoms with Crippen LogP contribution < -0.4 is 0 Å². The average molecular weight is 528 g/mol. The van der Waals surface area contributed by atoms with E-state index in [-0.39, 0.29) is 28.8 Å². The van der Waals surface area contributed by atoms with Gasteiger partial charge in [0.15, 0.2) is 0 Å². The molecule has 2 aromatic carbocycles. The van der Waals surface area contributed by atoms with E-state index < -0.39 is 6.04 Å². The molecule has 5 heteroatoms. The number of rotatable bonds is 13. The number of allylic oxidation sites excluding steroid dienone is 1. The van der Waals surface area contributed by atoms with Crippen molar-refractivity contribution in [3.05, 3.63) is 94.2 Å². The number of aromatic nitrogens is 1. The first-order chi connectivity index (χ1) is 19.2. The third kappa shape index (κ3) is 5.70. The fourth-order valence-corrected chi connectivity index (χ4v) is 7.75. The Morgan fingerprint density at radius 1 is 1.00 bits per heavy atom. The third-order valence-corrected chi connectivity index (χ3v) is 9.38. The van der Waals surface area contributed by atoms with Gasteiger partial charge in [0, 0.05) is 28.1 Å². The molecule has 1 saturated heterocycles. The lowest BCUT2D eigenvalue weighted by Gasteiger charge is -2.53.